The van der Waals surface area contributed by atoms with E-state index in [-0.39, 0.29) is 0 Å². The first-order valence-electron chi connectivity index (χ1n) is 8.80. The highest BCUT2D eigenvalue weighted by atomic mass is 32.1. The van der Waals surface area contributed by atoms with Crippen molar-refractivity contribution in [3.63, 3.8) is 0 Å². The minimum absolute atomic E-state index is 0.682. The number of nitrogens with zero attached hydrogens (tertiary/aromatic N) is 3. The summed E-state index contributed by atoms with van der Waals surface area (Å²) in [6.07, 6.45) is 7.19. The van der Waals surface area contributed by atoms with Crippen LogP contribution in [-0.4, -0.2) is 26.9 Å². The molecular formula is C19H24N4S. The molecular weight excluding hydrogens is 316 g/mol. The number of nitrogen functional groups attached to an aromatic ring is 1. The van der Waals surface area contributed by atoms with Gasteiger partial charge in [-0.25, -0.2) is 4.98 Å². The monoisotopic (exact) mass is 340 g/mol. The molecule has 2 N–H and O–H groups in total. The van der Waals surface area contributed by atoms with Crippen LogP contribution >= 0.6 is 11.3 Å². The SMILES string of the molecule is CCC1CCCCN1Cc1c(-c2cccs2)nc2ccc(N)cn12. The first kappa shape index (κ1) is 15.7. The average Bonchev–Trinajstić information content (AvgIpc) is 3.24. The summed E-state index contributed by atoms with van der Waals surface area (Å²) in [5.74, 6) is 0. The van der Waals surface area contributed by atoms with E-state index in [2.05, 4.69) is 33.7 Å². The second kappa shape index (κ2) is 6.57. The molecule has 1 aliphatic heterocycles. The molecule has 3 aromatic heterocycles. The molecule has 0 spiro atoms. The van der Waals surface area contributed by atoms with E-state index in [0.717, 1.165) is 23.6 Å². The Bertz CT molecular complexity index is 821. The molecule has 1 atom stereocenters. The van der Waals surface area contributed by atoms with Gasteiger partial charge >= 0.3 is 0 Å². The fourth-order valence-electron chi connectivity index (χ4n) is 3.79. The molecule has 126 valence electrons. The minimum atomic E-state index is 0.682. The predicted molar refractivity (Wildman–Crippen MR) is 101 cm³/mol. The Morgan fingerprint density at radius 2 is 2.21 bits per heavy atom. The van der Waals surface area contributed by atoms with Crippen LogP contribution in [0.1, 0.15) is 38.3 Å². The van der Waals surface area contributed by atoms with E-state index in [9.17, 15) is 0 Å². The molecule has 3 aromatic rings. The van der Waals surface area contributed by atoms with Crippen molar-refractivity contribution in [1.82, 2.24) is 14.3 Å². The van der Waals surface area contributed by atoms with Gasteiger partial charge in [-0.2, -0.15) is 0 Å². The molecule has 0 bridgehead atoms. The molecule has 0 aliphatic carbocycles. The van der Waals surface area contributed by atoms with Crippen LogP contribution in [-0.2, 0) is 6.54 Å². The van der Waals surface area contributed by atoms with Crippen LogP contribution in [0.15, 0.2) is 35.8 Å². The van der Waals surface area contributed by atoms with Crippen LogP contribution in [0.3, 0.4) is 0 Å². The van der Waals surface area contributed by atoms with Crippen molar-refractivity contribution in [3.05, 3.63) is 41.5 Å². The molecule has 0 saturated carbocycles. The molecule has 4 rings (SSSR count). The lowest BCUT2D eigenvalue weighted by Crippen LogP contribution is -2.38. The number of hydrogen-bond acceptors (Lipinski definition) is 4. The van der Waals surface area contributed by atoms with Gasteiger partial charge in [-0.3, -0.25) is 9.30 Å². The fraction of sp³-hybridized carbons (Fsp3) is 0.421. The number of likely N-dealkylation sites (tertiary alicyclic amines) is 1. The lowest BCUT2D eigenvalue weighted by Gasteiger charge is -2.35. The van der Waals surface area contributed by atoms with Crippen molar-refractivity contribution >= 4 is 22.7 Å². The third-order valence-corrected chi connectivity index (χ3v) is 5.94. The van der Waals surface area contributed by atoms with Gasteiger partial charge in [-0.15, -0.1) is 11.3 Å². The van der Waals surface area contributed by atoms with E-state index in [4.69, 9.17) is 10.7 Å². The first-order valence-corrected chi connectivity index (χ1v) is 9.68. The molecule has 4 heterocycles. The van der Waals surface area contributed by atoms with Crippen molar-refractivity contribution in [3.8, 4) is 10.6 Å². The zero-order valence-electron chi connectivity index (χ0n) is 14.1. The number of hydrogen-bond donors (Lipinski definition) is 1. The Labute approximate surface area is 146 Å². The van der Waals surface area contributed by atoms with Gasteiger partial charge in [0.2, 0.25) is 0 Å². The van der Waals surface area contributed by atoms with Gasteiger partial charge in [-0.1, -0.05) is 19.4 Å². The van der Waals surface area contributed by atoms with Gasteiger partial charge in [0.1, 0.15) is 11.3 Å². The van der Waals surface area contributed by atoms with Gasteiger partial charge in [0, 0.05) is 24.5 Å². The van der Waals surface area contributed by atoms with Crippen molar-refractivity contribution < 1.29 is 0 Å². The third kappa shape index (κ3) is 2.82. The Hall–Kier alpha value is -1.85. The van der Waals surface area contributed by atoms with Crippen molar-refractivity contribution in [1.29, 1.82) is 0 Å². The number of imidazole rings is 1. The number of piperidine rings is 1. The van der Waals surface area contributed by atoms with E-state index < -0.39 is 0 Å². The Kier molecular flexibility index (Phi) is 4.29. The summed E-state index contributed by atoms with van der Waals surface area (Å²) in [6.45, 7) is 4.42. The first-order chi connectivity index (χ1) is 11.8. The molecule has 4 nitrogen and oxygen atoms in total. The molecule has 0 amide bonds. The van der Waals surface area contributed by atoms with E-state index in [0.29, 0.717) is 6.04 Å². The van der Waals surface area contributed by atoms with Gasteiger partial charge in [-0.05, 0) is 49.4 Å². The second-order valence-corrected chi connectivity index (χ2v) is 7.55. The van der Waals surface area contributed by atoms with E-state index >= 15 is 0 Å². The lowest BCUT2D eigenvalue weighted by atomic mass is 9.99. The van der Waals surface area contributed by atoms with Crippen molar-refractivity contribution in [2.24, 2.45) is 0 Å². The summed E-state index contributed by atoms with van der Waals surface area (Å²) in [4.78, 5) is 8.77. The molecule has 0 aromatic carbocycles. The summed E-state index contributed by atoms with van der Waals surface area (Å²) in [7, 11) is 0. The molecule has 1 saturated heterocycles. The Morgan fingerprint density at radius 1 is 1.29 bits per heavy atom. The van der Waals surface area contributed by atoms with E-state index in [1.807, 2.05) is 18.3 Å². The van der Waals surface area contributed by atoms with E-state index in [1.54, 1.807) is 11.3 Å². The third-order valence-electron chi connectivity index (χ3n) is 5.07. The smallest absolute Gasteiger partial charge is 0.137 e. The van der Waals surface area contributed by atoms with Gasteiger partial charge < -0.3 is 5.73 Å². The lowest BCUT2D eigenvalue weighted by molar-refractivity contribution is 0.134. The zero-order valence-corrected chi connectivity index (χ0v) is 14.9. The van der Waals surface area contributed by atoms with Crippen LogP contribution in [0, 0.1) is 0 Å². The predicted octanol–water partition coefficient (Wildman–Crippen LogP) is 4.41. The number of fused-ring (bicyclic) bond motifs is 1. The maximum Gasteiger partial charge on any atom is 0.137 e. The number of nitrogens with two attached hydrogens (primary N) is 1. The van der Waals surface area contributed by atoms with Crippen molar-refractivity contribution in [2.45, 2.75) is 45.2 Å². The van der Waals surface area contributed by atoms with Crippen LogP contribution in [0.5, 0.6) is 0 Å². The zero-order chi connectivity index (χ0) is 16.5. The number of pyridine rings is 1. The Morgan fingerprint density at radius 3 is 3.00 bits per heavy atom. The van der Waals surface area contributed by atoms with Gasteiger partial charge in [0.15, 0.2) is 0 Å². The van der Waals surface area contributed by atoms with Crippen LogP contribution in [0.2, 0.25) is 0 Å². The largest absolute Gasteiger partial charge is 0.398 e. The summed E-state index contributed by atoms with van der Waals surface area (Å²) in [6, 6.07) is 8.88. The molecule has 1 unspecified atom stereocenters. The Balaban J connectivity index is 1.79. The highest BCUT2D eigenvalue weighted by Crippen LogP contribution is 2.31. The molecule has 0 radical (unpaired) electrons. The number of aromatic nitrogens is 2. The van der Waals surface area contributed by atoms with Crippen LogP contribution < -0.4 is 5.73 Å². The van der Waals surface area contributed by atoms with Gasteiger partial charge in [0.05, 0.1) is 10.6 Å². The average molecular weight is 340 g/mol. The van der Waals surface area contributed by atoms with E-state index in [1.165, 1.54) is 42.8 Å². The topological polar surface area (TPSA) is 46.6 Å². The highest BCUT2D eigenvalue weighted by Gasteiger charge is 2.24. The number of anilines is 1. The quantitative estimate of drug-likeness (QED) is 0.765. The standard InChI is InChI=1S/C19H24N4S/c1-2-15-6-3-4-10-22(15)13-16-19(17-7-5-11-24-17)21-18-9-8-14(20)12-23(16)18/h5,7-9,11-12,15H,2-4,6,10,13,20H2,1H3. The number of rotatable bonds is 4. The maximum atomic E-state index is 6.05. The maximum absolute atomic E-state index is 6.05. The molecule has 1 fully saturated rings. The minimum Gasteiger partial charge on any atom is -0.398 e. The van der Waals surface area contributed by atoms with Crippen molar-refractivity contribution in [2.75, 3.05) is 12.3 Å². The number of thiophene rings is 1. The highest BCUT2D eigenvalue weighted by molar-refractivity contribution is 7.13. The molecule has 1 aliphatic rings. The fourth-order valence-corrected chi connectivity index (χ4v) is 4.53. The summed E-state index contributed by atoms with van der Waals surface area (Å²) >= 11 is 1.75. The molecule has 5 heteroatoms. The molecule has 24 heavy (non-hydrogen) atoms. The second-order valence-electron chi connectivity index (χ2n) is 6.60. The van der Waals surface area contributed by atoms with Crippen LogP contribution in [0.25, 0.3) is 16.2 Å². The summed E-state index contributed by atoms with van der Waals surface area (Å²) < 4.78 is 2.19. The van der Waals surface area contributed by atoms with Gasteiger partial charge in [0.25, 0.3) is 0 Å². The summed E-state index contributed by atoms with van der Waals surface area (Å²) in [5, 5.41) is 2.12. The summed E-state index contributed by atoms with van der Waals surface area (Å²) in [5.41, 5.74) is 10.2. The normalized spacial score (nSPS) is 19.1. The van der Waals surface area contributed by atoms with Crippen LogP contribution in [0.4, 0.5) is 5.69 Å².